The van der Waals surface area contributed by atoms with Gasteiger partial charge in [-0.2, -0.15) is 0 Å². The molecule has 0 bridgehead atoms. The molecule has 0 aliphatic carbocycles. The zero-order chi connectivity index (χ0) is 15.7. The van der Waals surface area contributed by atoms with Gasteiger partial charge in [0.1, 0.15) is 11.9 Å². The summed E-state index contributed by atoms with van der Waals surface area (Å²) in [5, 5.41) is 15.6. The van der Waals surface area contributed by atoms with E-state index >= 15 is 0 Å². The summed E-state index contributed by atoms with van der Waals surface area (Å²) in [6.45, 7) is 1.88. The molecule has 0 saturated carbocycles. The minimum atomic E-state index is -0.274. The van der Waals surface area contributed by atoms with E-state index in [2.05, 4.69) is 5.32 Å². The number of nitrogens with one attached hydrogen (secondary N) is 1. The number of nitrogens with zero attached hydrogens (tertiary/aromatic N) is 1. The van der Waals surface area contributed by atoms with Crippen molar-refractivity contribution < 1.29 is 9.90 Å². The van der Waals surface area contributed by atoms with E-state index < -0.39 is 0 Å². The topological polar surface area (TPSA) is 52.6 Å². The predicted molar refractivity (Wildman–Crippen MR) is 90.0 cm³/mol. The Morgan fingerprint density at radius 1 is 1.13 bits per heavy atom. The molecule has 1 unspecified atom stereocenters. The van der Waals surface area contributed by atoms with Gasteiger partial charge in [-0.1, -0.05) is 24.3 Å². The molecule has 2 aliphatic rings. The fraction of sp³-hybridized carbons (Fsp3) is 0.105. The van der Waals surface area contributed by atoms with Crippen LogP contribution in [-0.2, 0) is 0 Å². The number of hydrogen-bond acceptors (Lipinski definition) is 3. The maximum Gasteiger partial charge on any atom is 0.260 e. The van der Waals surface area contributed by atoms with Gasteiger partial charge in [0.15, 0.2) is 0 Å². The fourth-order valence-corrected chi connectivity index (χ4v) is 3.77. The van der Waals surface area contributed by atoms with Gasteiger partial charge in [0.2, 0.25) is 0 Å². The number of fused-ring (bicyclic) bond motifs is 4. The van der Waals surface area contributed by atoms with Gasteiger partial charge in [0.25, 0.3) is 5.91 Å². The van der Waals surface area contributed by atoms with E-state index in [4.69, 9.17) is 0 Å². The summed E-state index contributed by atoms with van der Waals surface area (Å²) in [7, 11) is 0. The maximum absolute atomic E-state index is 13.1. The van der Waals surface area contributed by atoms with E-state index in [-0.39, 0.29) is 17.8 Å². The standard InChI is InChI=1S/C19H14N2O2/c1-10-11-5-4-6-12-17(11)13(9-16(10)22)18-20-14-7-2-3-8-15(14)21(18)19(12)23/h2-9,18,20,22H,1H3. The normalized spacial score (nSPS) is 17.9. The number of benzene rings is 3. The van der Waals surface area contributed by atoms with Crippen molar-refractivity contribution in [1.29, 1.82) is 0 Å². The minimum absolute atomic E-state index is 0.00404. The number of carbonyl (C=O) groups is 1. The Morgan fingerprint density at radius 3 is 2.83 bits per heavy atom. The molecule has 0 saturated heterocycles. The molecule has 4 heteroatoms. The van der Waals surface area contributed by atoms with E-state index in [1.807, 2.05) is 49.4 Å². The summed E-state index contributed by atoms with van der Waals surface area (Å²) >= 11 is 0. The van der Waals surface area contributed by atoms with Crippen molar-refractivity contribution in [2.24, 2.45) is 0 Å². The molecular weight excluding hydrogens is 288 g/mol. The number of phenolic OH excluding ortho intramolecular Hbond substituents is 1. The Labute approximate surface area is 133 Å². The number of para-hydroxylation sites is 2. The third kappa shape index (κ3) is 1.43. The Balaban J connectivity index is 1.89. The second-order valence-corrected chi connectivity index (χ2v) is 6.08. The van der Waals surface area contributed by atoms with E-state index in [1.165, 1.54) is 0 Å². The second kappa shape index (κ2) is 4.04. The lowest BCUT2D eigenvalue weighted by molar-refractivity contribution is 0.0980. The van der Waals surface area contributed by atoms with Crippen molar-refractivity contribution in [2.75, 3.05) is 10.2 Å². The molecule has 23 heavy (non-hydrogen) atoms. The highest BCUT2D eigenvalue weighted by Gasteiger charge is 2.40. The minimum Gasteiger partial charge on any atom is -0.508 e. The first-order valence-corrected chi connectivity index (χ1v) is 7.61. The van der Waals surface area contributed by atoms with Gasteiger partial charge in [0, 0.05) is 16.5 Å². The number of hydrogen-bond donors (Lipinski definition) is 2. The Bertz CT molecular complexity index is 1010. The highest BCUT2D eigenvalue weighted by molar-refractivity contribution is 6.20. The zero-order valence-electron chi connectivity index (χ0n) is 12.5. The van der Waals surface area contributed by atoms with Crippen molar-refractivity contribution in [1.82, 2.24) is 0 Å². The number of carbonyl (C=O) groups excluding carboxylic acids is 1. The number of rotatable bonds is 0. The van der Waals surface area contributed by atoms with Crippen LogP contribution in [-0.4, -0.2) is 11.0 Å². The van der Waals surface area contributed by atoms with Crippen molar-refractivity contribution in [3.05, 3.63) is 65.2 Å². The first-order valence-electron chi connectivity index (χ1n) is 7.61. The van der Waals surface area contributed by atoms with Gasteiger partial charge < -0.3 is 10.4 Å². The van der Waals surface area contributed by atoms with E-state index in [1.54, 1.807) is 11.0 Å². The lowest BCUT2D eigenvalue weighted by atomic mass is 9.90. The SMILES string of the molecule is Cc1c(O)cc2c3c(cccc13)C(=O)N1c3ccccc3NC21. The number of aromatic hydroxyl groups is 1. The molecule has 3 aromatic carbocycles. The lowest BCUT2D eigenvalue weighted by Crippen LogP contribution is -2.37. The third-order valence-electron chi connectivity index (χ3n) is 4.89. The molecule has 2 N–H and O–H groups in total. The maximum atomic E-state index is 13.1. The smallest absolute Gasteiger partial charge is 0.260 e. The quantitative estimate of drug-likeness (QED) is 0.661. The summed E-state index contributed by atoms with van der Waals surface area (Å²) < 4.78 is 0. The van der Waals surface area contributed by atoms with Crippen molar-refractivity contribution in [3.8, 4) is 5.75 Å². The van der Waals surface area contributed by atoms with Crippen LogP contribution in [0.4, 0.5) is 11.4 Å². The van der Waals surface area contributed by atoms with Crippen LogP contribution in [0.2, 0.25) is 0 Å². The zero-order valence-corrected chi connectivity index (χ0v) is 12.5. The van der Waals surface area contributed by atoms with Crippen LogP contribution in [0.3, 0.4) is 0 Å². The van der Waals surface area contributed by atoms with Crippen LogP contribution in [0.5, 0.6) is 5.75 Å². The molecule has 2 heterocycles. The van der Waals surface area contributed by atoms with Gasteiger partial charge >= 0.3 is 0 Å². The monoisotopic (exact) mass is 302 g/mol. The lowest BCUT2D eigenvalue weighted by Gasteiger charge is -2.32. The molecule has 0 fully saturated rings. The van der Waals surface area contributed by atoms with E-state index in [0.717, 1.165) is 33.3 Å². The number of phenols is 1. The molecule has 1 amide bonds. The molecule has 3 aromatic rings. The van der Waals surface area contributed by atoms with E-state index in [9.17, 15) is 9.90 Å². The molecule has 0 spiro atoms. The molecule has 5 rings (SSSR count). The van der Waals surface area contributed by atoms with Crippen LogP contribution in [0.15, 0.2) is 48.5 Å². The van der Waals surface area contributed by atoms with Gasteiger partial charge in [-0.15, -0.1) is 0 Å². The van der Waals surface area contributed by atoms with Crippen LogP contribution >= 0.6 is 0 Å². The van der Waals surface area contributed by atoms with Crippen LogP contribution in [0, 0.1) is 6.92 Å². The molecule has 112 valence electrons. The Morgan fingerprint density at radius 2 is 1.96 bits per heavy atom. The summed E-state index contributed by atoms with van der Waals surface area (Å²) in [6.07, 6.45) is -0.274. The molecular formula is C19H14N2O2. The Kier molecular flexibility index (Phi) is 2.20. The van der Waals surface area contributed by atoms with Crippen LogP contribution in [0.25, 0.3) is 10.8 Å². The molecule has 1 atom stereocenters. The van der Waals surface area contributed by atoms with Gasteiger partial charge in [-0.25, -0.2) is 0 Å². The van der Waals surface area contributed by atoms with Gasteiger partial charge in [-0.05, 0) is 42.1 Å². The summed E-state index contributed by atoms with van der Waals surface area (Å²) in [5.74, 6) is 0.257. The van der Waals surface area contributed by atoms with Crippen LogP contribution < -0.4 is 10.2 Å². The second-order valence-electron chi connectivity index (χ2n) is 6.08. The number of aryl methyl sites for hydroxylation is 1. The highest BCUT2D eigenvalue weighted by Crippen LogP contribution is 2.48. The molecule has 0 aromatic heterocycles. The summed E-state index contributed by atoms with van der Waals surface area (Å²) in [5.41, 5.74) is 4.25. The van der Waals surface area contributed by atoms with Gasteiger partial charge in [0.05, 0.1) is 11.4 Å². The molecule has 2 aliphatic heterocycles. The molecule has 0 radical (unpaired) electrons. The first kappa shape index (κ1) is 12.5. The predicted octanol–water partition coefficient (Wildman–Crippen LogP) is 3.94. The van der Waals surface area contributed by atoms with Crippen molar-refractivity contribution in [3.63, 3.8) is 0 Å². The summed E-state index contributed by atoms with van der Waals surface area (Å²) in [6, 6.07) is 15.3. The van der Waals surface area contributed by atoms with Crippen molar-refractivity contribution in [2.45, 2.75) is 13.1 Å². The molecule has 4 nitrogen and oxygen atoms in total. The Hall–Kier alpha value is -3.01. The fourth-order valence-electron chi connectivity index (χ4n) is 3.77. The first-order chi connectivity index (χ1) is 11.2. The van der Waals surface area contributed by atoms with Gasteiger partial charge in [-0.3, -0.25) is 9.69 Å². The average Bonchev–Trinajstić information content (AvgIpc) is 2.96. The summed E-state index contributed by atoms with van der Waals surface area (Å²) in [4.78, 5) is 14.8. The van der Waals surface area contributed by atoms with Crippen molar-refractivity contribution >= 4 is 28.1 Å². The number of amides is 1. The highest BCUT2D eigenvalue weighted by atomic mass is 16.3. The van der Waals surface area contributed by atoms with E-state index in [0.29, 0.717) is 5.56 Å². The van der Waals surface area contributed by atoms with Crippen LogP contribution in [0.1, 0.15) is 27.7 Å². The average molecular weight is 302 g/mol. The third-order valence-corrected chi connectivity index (χ3v) is 4.89. The number of anilines is 2. The largest absolute Gasteiger partial charge is 0.508 e.